The van der Waals surface area contributed by atoms with Gasteiger partial charge in [-0.3, -0.25) is 4.98 Å². The third-order valence-corrected chi connectivity index (χ3v) is 12.0. The lowest BCUT2D eigenvalue weighted by atomic mass is 9.95. The predicted octanol–water partition coefficient (Wildman–Crippen LogP) is 8.41. The van der Waals surface area contributed by atoms with Gasteiger partial charge in [-0.05, 0) is 77.4 Å². The molecule has 8 heteroatoms. The molecule has 1 fully saturated rings. The molecule has 1 saturated heterocycles. The Labute approximate surface area is 211 Å². The van der Waals surface area contributed by atoms with E-state index in [4.69, 9.17) is 32.4 Å². The summed E-state index contributed by atoms with van der Waals surface area (Å²) in [7, 11) is -1.88. The van der Waals surface area contributed by atoms with Crippen LogP contribution in [0.2, 0.25) is 28.2 Å². The number of likely N-dealkylation sites (tertiary alicyclic amines) is 1. The fraction of sp³-hybridized carbons (Fsp3) is 0.760. The summed E-state index contributed by atoms with van der Waals surface area (Å²) in [6.45, 7) is 13.2. The third-order valence-electron chi connectivity index (χ3n) is 6.80. The summed E-state index contributed by atoms with van der Waals surface area (Å²) in [5.41, 5.74) is 0.370. The second-order valence-electron chi connectivity index (χ2n) is 10.1. The number of halogens is 2. The van der Waals surface area contributed by atoms with E-state index in [0.29, 0.717) is 10.0 Å². The van der Waals surface area contributed by atoms with E-state index in [-0.39, 0.29) is 18.2 Å². The van der Waals surface area contributed by atoms with Gasteiger partial charge in [0.2, 0.25) is 0 Å². The molecule has 33 heavy (non-hydrogen) atoms. The monoisotopic (exact) mass is 516 g/mol. The molecule has 0 spiro atoms. The zero-order valence-corrected chi connectivity index (χ0v) is 23.8. The molecule has 188 valence electrons. The first-order chi connectivity index (χ1) is 15.6. The van der Waals surface area contributed by atoms with Gasteiger partial charge in [-0.15, -0.1) is 0 Å². The van der Waals surface area contributed by atoms with Crippen LogP contribution in [0, 0.1) is 0 Å². The maximum Gasteiger partial charge on any atom is 0.410 e. The number of ether oxygens (including phenoxy) is 1. The van der Waals surface area contributed by atoms with Gasteiger partial charge in [0, 0.05) is 30.5 Å². The van der Waals surface area contributed by atoms with Crippen LogP contribution in [-0.4, -0.2) is 42.5 Å². The van der Waals surface area contributed by atoms with Crippen LogP contribution in [0.5, 0.6) is 0 Å². The minimum atomic E-state index is -1.88. The topological polar surface area (TPSA) is 51.7 Å². The summed E-state index contributed by atoms with van der Waals surface area (Å²) in [6.07, 6.45) is 8.78. The number of nitrogens with zero attached hydrogens (tertiary/aromatic N) is 2. The van der Waals surface area contributed by atoms with Crippen molar-refractivity contribution in [1.29, 1.82) is 0 Å². The van der Waals surface area contributed by atoms with E-state index in [1.54, 1.807) is 12.4 Å². The maximum atomic E-state index is 12.8. The molecule has 1 aliphatic rings. The second-order valence-corrected chi connectivity index (χ2v) is 15.7. The van der Waals surface area contributed by atoms with Gasteiger partial charge in [-0.2, -0.15) is 0 Å². The highest BCUT2D eigenvalue weighted by Gasteiger charge is 2.35. The minimum Gasteiger partial charge on any atom is -0.444 e. The van der Waals surface area contributed by atoms with Gasteiger partial charge in [0.05, 0.1) is 16.1 Å². The second kappa shape index (κ2) is 12.8. The van der Waals surface area contributed by atoms with Crippen molar-refractivity contribution in [1.82, 2.24) is 9.88 Å². The summed E-state index contributed by atoms with van der Waals surface area (Å²) in [5.74, 6) is 0. The quantitative estimate of drug-likeness (QED) is 0.292. The van der Waals surface area contributed by atoms with Crippen LogP contribution in [-0.2, 0) is 9.16 Å². The molecule has 1 amide bonds. The Balaban J connectivity index is 2.15. The lowest BCUT2D eigenvalue weighted by Crippen LogP contribution is -2.46. The summed E-state index contributed by atoms with van der Waals surface area (Å²) in [5, 5.41) is 1.12. The fourth-order valence-corrected chi connectivity index (χ4v) is 8.14. The van der Waals surface area contributed by atoms with Crippen molar-refractivity contribution in [2.24, 2.45) is 0 Å². The molecule has 0 N–H and O–H groups in total. The Kier molecular flexibility index (Phi) is 11.0. The number of hydrogen-bond donors (Lipinski definition) is 0. The Bertz CT molecular complexity index is 740. The fourth-order valence-electron chi connectivity index (χ4n) is 4.69. The number of carbonyl (C=O) groups is 1. The number of hydrogen-bond acceptors (Lipinski definition) is 4. The van der Waals surface area contributed by atoms with Crippen LogP contribution < -0.4 is 0 Å². The lowest BCUT2D eigenvalue weighted by molar-refractivity contribution is 0.00827. The third kappa shape index (κ3) is 8.12. The molecule has 2 rings (SSSR count). The molecule has 2 atom stereocenters. The van der Waals surface area contributed by atoms with E-state index in [1.807, 2.05) is 25.7 Å². The van der Waals surface area contributed by atoms with Gasteiger partial charge < -0.3 is 14.1 Å². The van der Waals surface area contributed by atoms with Crippen molar-refractivity contribution in [3.8, 4) is 0 Å². The number of amides is 1. The van der Waals surface area contributed by atoms with Crippen LogP contribution in [0.3, 0.4) is 0 Å². The molecular weight excluding hydrogens is 475 g/mol. The Morgan fingerprint density at radius 3 is 2.30 bits per heavy atom. The molecule has 1 aromatic rings. The maximum absolute atomic E-state index is 12.8. The van der Waals surface area contributed by atoms with Gasteiger partial charge in [0.1, 0.15) is 5.60 Å². The molecule has 0 radical (unpaired) electrons. The highest BCUT2D eigenvalue weighted by molar-refractivity contribution is 6.73. The Morgan fingerprint density at radius 2 is 1.76 bits per heavy atom. The number of aromatic nitrogens is 1. The number of piperidine rings is 1. The predicted molar refractivity (Wildman–Crippen MR) is 140 cm³/mol. The van der Waals surface area contributed by atoms with Gasteiger partial charge in [-0.25, -0.2) is 4.79 Å². The van der Waals surface area contributed by atoms with E-state index in [0.717, 1.165) is 68.8 Å². The first-order valence-corrected chi connectivity index (χ1v) is 15.8. The van der Waals surface area contributed by atoms with Gasteiger partial charge in [0.15, 0.2) is 8.32 Å². The highest BCUT2D eigenvalue weighted by atomic mass is 35.5. The Morgan fingerprint density at radius 1 is 1.15 bits per heavy atom. The zero-order chi connectivity index (χ0) is 24.6. The number of rotatable bonds is 10. The number of carbonyl (C=O) groups excluding carboxylic acids is 1. The standard InChI is InChI=1S/C25H42Cl2N2O3Si/c1-7-33(8-2,9-3)32-22(23-20(26)17-28-18-21(23)27)15-12-14-19-13-10-11-16-29(19)24(30)31-25(4,5)6/h17-19,22H,7-16H2,1-6H3. The van der Waals surface area contributed by atoms with E-state index in [2.05, 4.69) is 25.8 Å². The molecule has 0 aromatic carbocycles. The molecule has 5 nitrogen and oxygen atoms in total. The summed E-state index contributed by atoms with van der Waals surface area (Å²) >= 11 is 13.1. The van der Waals surface area contributed by atoms with Crippen molar-refractivity contribution in [3.63, 3.8) is 0 Å². The summed E-state index contributed by atoms with van der Waals surface area (Å²) in [4.78, 5) is 18.8. The summed E-state index contributed by atoms with van der Waals surface area (Å²) in [6, 6.07) is 3.38. The lowest BCUT2D eigenvalue weighted by Gasteiger charge is -2.37. The smallest absolute Gasteiger partial charge is 0.410 e. The summed E-state index contributed by atoms with van der Waals surface area (Å²) < 4.78 is 12.6. The minimum absolute atomic E-state index is 0.155. The van der Waals surface area contributed by atoms with E-state index < -0.39 is 13.9 Å². The molecule has 1 aromatic heterocycles. The molecular formula is C25H42Cl2N2O3Si. The molecule has 0 bridgehead atoms. The van der Waals surface area contributed by atoms with E-state index >= 15 is 0 Å². The van der Waals surface area contributed by atoms with Crippen LogP contribution in [0.4, 0.5) is 4.79 Å². The van der Waals surface area contributed by atoms with E-state index in [1.165, 1.54) is 0 Å². The normalized spacial score (nSPS) is 18.3. The average molecular weight is 518 g/mol. The van der Waals surface area contributed by atoms with Gasteiger partial charge >= 0.3 is 6.09 Å². The highest BCUT2D eigenvalue weighted by Crippen LogP contribution is 2.39. The SMILES string of the molecule is CC[Si](CC)(CC)OC(CCCC1CCCCN1C(=O)OC(C)(C)C)c1c(Cl)cncc1Cl. The van der Waals surface area contributed by atoms with Crippen LogP contribution in [0.15, 0.2) is 12.4 Å². The van der Waals surface area contributed by atoms with Crippen LogP contribution >= 0.6 is 23.2 Å². The van der Waals surface area contributed by atoms with E-state index in [9.17, 15) is 4.79 Å². The van der Waals surface area contributed by atoms with Crippen LogP contribution in [0.1, 0.15) is 91.7 Å². The van der Waals surface area contributed by atoms with Crippen molar-refractivity contribution in [2.75, 3.05) is 6.54 Å². The first-order valence-electron chi connectivity index (χ1n) is 12.5. The van der Waals surface area contributed by atoms with Crippen molar-refractivity contribution in [2.45, 2.75) is 116 Å². The molecule has 0 saturated carbocycles. The average Bonchev–Trinajstić information content (AvgIpc) is 2.76. The Hall–Kier alpha value is -0.823. The first kappa shape index (κ1) is 28.4. The zero-order valence-electron chi connectivity index (χ0n) is 21.3. The molecule has 2 heterocycles. The molecule has 0 aliphatic carbocycles. The van der Waals surface area contributed by atoms with Crippen LogP contribution in [0.25, 0.3) is 0 Å². The number of pyridine rings is 1. The van der Waals surface area contributed by atoms with Crippen molar-refractivity contribution in [3.05, 3.63) is 28.0 Å². The van der Waals surface area contributed by atoms with Gasteiger partial charge in [-0.1, -0.05) is 44.0 Å². The van der Waals surface area contributed by atoms with Gasteiger partial charge in [0.25, 0.3) is 0 Å². The van der Waals surface area contributed by atoms with Crippen molar-refractivity contribution < 1.29 is 14.0 Å². The molecule has 1 aliphatic heterocycles. The largest absolute Gasteiger partial charge is 0.444 e. The van der Waals surface area contributed by atoms with Crippen molar-refractivity contribution >= 4 is 37.6 Å². The molecule has 2 unspecified atom stereocenters.